The molecule has 0 saturated heterocycles. The first-order valence-electron chi connectivity index (χ1n) is 4.92. The molecule has 0 atom stereocenters. The minimum atomic E-state index is -1.31. The summed E-state index contributed by atoms with van der Waals surface area (Å²) in [5.41, 5.74) is -0.118. The molecule has 0 radical (unpaired) electrons. The van der Waals surface area contributed by atoms with Crippen molar-refractivity contribution >= 4 is 15.9 Å². The van der Waals surface area contributed by atoms with Crippen molar-refractivity contribution in [2.75, 3.05) is 5.33 Å². The van der Waals surface area contributed by atoms with E-state index in [1.54, 1.807) is 12.2 Å². The first kappa shape index (κ1) is 10.6. The molecule has 0 saturated carbocycles. The molecule has 1 aliphatic carbocycles. The van der Waals surface area contributed by atoms with Gasteiger partial charge >= 0.3 is 0 Å². The van der Waals surface area contributed by atoms with Gasteiger partial charge in [0.2, 0.25) is 0 Å². The number of hydrogen-bond donors (Lipinski definition) is 0. The molecule has 0 unspecified atom stereocenters. The molecule has 0 N–H and O–H groups in total. The highest BCUT2D eigenvalue weighted by molar-refractivity contribution is 9.09. The Morgan fingerprint density at radius 3 is 2.27 bits per heavy atom. The second-order valence-corrected chi connectivity index (χ2v) is 4.28. The fraction of sp³-hybridized carbons (Fsp3) is 0.231. The Bertz CT molecular complexity index is 367. The summed E-state index contributed by atoms with van der Waals surface area (Å²) in [6.45, 7) is 0. The molecule has 78 valence electrons. The summed E-state index contributed by atoms with van der Waals surface area (Å²) >= 11 is 3.17. The van der Waals surface area contributed by atoms with Gasteiger partial charge in [-0.25, -0.2) is 4.39 Å². The van der Waals surface area contributed by atoms with Crippen molar-refractivity contribution in [3.05, 3.63) is 60.2 Å². The van der Waals surface area contributed by atoms with Crippen LogP contribution in [-0.4, -0.2) is 11.0 Å². The molecule has 2 heteroatoms. The van der Waals surface area contributed by atoms with Gasteiger partial charge in [0.1, 0.15) is 0 Å². The first-order valence-corrected chi connectivity index (χ1v) is 6.04. The van der Waals surface area contributed by atoms with Gasteiger partial charge in [0, 0.05) is 11.2 Å². The van der Waals surface area contributed by atoms with Gasteiger partial charge in [-0.15, -0.1) is 0 Å². The summed E-state index contributed by atoms with van der Waals surface area (Å²) in [5.74, 6) is 0.203. The Kier molecular flexibility index (Phi) is 3.06. The number of rotatable bonds is 2. The van der Waals surface area contributed by atoms with E-state index in [0.29, 0.717) is 5.33 Å². The Morgan fingerprint density at radius 2 is 1.73 bits per heavy atom. The summed E-state index contributed by atoms with van der Waals surface area (Å²) < 4.78 is 13.8. The van der Waals surface area contributed by atoms with Crippen LogP contribution in [0.25, 0.3) is 0 Å². The van der Waals surface area contributed by atoms with Crippen molar-refractivity contribution in [3.63, 3.8) is 0 Å². The third-order valence-electron chi connectivity index (χ3n) is 2.55. The van der Waals surface area contributed by atoms with Crippen LogP contribution in [0, 0.1) is 0 Å². The predicted octanol–water partition coefficient (Wildman–Crippen LogP) is 4.00. The molecule has 0 nitrogen and oxygen atoms in total. The lowest BCUT2D eigenvalue weighted by Gasteiger charge is -2.21. The molecular weight excluding hydrogens is 255 g/mol. The molecule has 0 bridgehead atoms. The van der Waals surface area contributed by atoms with Crippen LogP contribution in [0.3, 0.4) is 0 Å². The Morgan fingerprint density at radius 1 is 1.13 bits per heavy atom. The van der Waals surface area contributed by atoms with Gasteiger partial charge in [0.05, 0.1) is 0 Å². The van der Waals surface area contributed by atoms with Gasteiger partial charge in [0.15, 0.2) is 5.67 Å². The molecule has 15 heavy (non-hydrogen) atoms. The van der Waals surface area contributed by atoms with E-state index in [2.05, 4.69) is 28.1 Å². The van der Waals surface area contributed by atoms with Gasteiger partial charge in [-0.3, -0.25) is 0 Å². The van der Waals surface area contributed by atoms with Gasteiger partial charge in [0.25, 0.3) is 0 Å². The molecule has 2 rings (SSSR count). The quantitative estimate of drug-likeness (QED) is 0.561. The van der Waals surface area contributed by atoms with Crippen LogP contribution in [0.1, 0.15) is 11.5 Å². The highest BCUT2D eigenvalue weighted by Gasteiger charge is 2.24. The Hall–Kier alpha value is -0.890. The minimum absolute atomic E-state index is 0.203. The molecule has 0 heterocycles. The highest BCUT2D eigenvalue weighted by Crippen LogP contribution is 2.29. The lowest BCUT2D eigenvalue weighted by molar-refractivity contribution is 0.332. The third kappa shape index (κ3) is 2.37. The van der Waals surface area contributed by atoms with E-state index >= 15 is 0 Å². The minimum Gasteiger partial charge on any atom is -0.234 e. The zero-order chi connectivity index (χ0) is 10.7. The normalized spacial score (nSPS) is 29.3. The number of benzene rings is 1. The SMILES string of the molecule is FC1(CBr)C=CC(c2ccccc2)C=C1. The van der Waals surface area contributed by atoms with E-state index < -0.39 is 5.67 Å². The van der Waals surface area contributed by atoms with Gasteiger partial charge in [-0.05, 0) is 17.7 Å². The third-order valence-corrected chi connectivity index (χ3v) is 3.41. The summed E-state index contributed by atoms with van der Waals surface area (Å²) in [6.07, 6.45) is 7.08. The first-order chi connectivity index (χ1) is 7.23. The van der Waals surface area contributed by atoms with Crippen LogP contribution >= 0.6 is 15.9 Å². The molecule has 0 fully saturated rings. The number of alkyl halides is 2. The summed E-state index contributed by atoms with van der Waals surface area (Å²) in [4.78, 5) is 0. The number of allylic oxidation sites excluding steroid dienone is 4. The molecule has 0 amide bonds. The molecular formula is C13H12BrF. The van der Waals surface area contributed by atoms with Crippen LogP contribution in [-0.2, 0) is 0 Å². The maximum atomic E-state index is 13.8. The van der Waals surface area contributed by atoms with Crippen molar-refractivity contribution in [1.29, 1.82) is 0 Å². The average molecular weight is 267 g/mol. The van der Waals surface area contributed by atoms with E-state index in [1.807, 2.05) is 30.4 Å². The van der Waals surface area contributed by atoms with Crippen molar-refractivity contribution in [1.82, 2.24) is 0 Å². The van der Waals surface area contributed by atoms with E-state index in [0.717, 1.165) is 0 Å². The summed E-state index contributed by atoms with van der Waals surface area (Å²) in [7, 11) is 0. The van der Waals surface area contributed by atoms with Crippen molar-refractivity contribution in [2.24, 2.45) is 0 Å². The molecule has 0 aliphatic heterocycles. The number of halogens is 2. The summed E-state index contributed by atoms with van der Waals surface area (Å²) in [5, 5.41) is 0.314. The second kappa shape index (κ2) is 4.31. The van der Waals surface area contributed by atoms with E-state index in [9.17, 15) is 4.39 Å². The maximum Gasteiger partial charge on any atom is 0.157 e. The fourth-order valence-corrected chi connectivity index (χ4v) is 2.01. The van der Waals surface area contributed by atoms with Crippen LogP contribution in [0.5, 0.6) is 0 Å². The molecule has 0 spiro atoms. The molecule has 1 aromatic carbocycles. The van der Waals surface area contributed by atoms with Crippen LogP contribution in [0.2, 0.25) is 0 Å². The molecule has 0 aromatic heterocycles. The fourth-order valence-electron chi connectivity index (χ4n) is 1.63. The monoisotopic (exact) mass is 266 g/mol. The van der Waals surface area contributed by atoms with Gasteiger partial charge in [-0.2, -0.15) is 0 Å². The van der Waals surface area contributed by atoms with Crippen LogP contribution in [0.15, 0.2) is 54.6 Å². The van der Waals surface area contributed by atoms with Gasteiger partial charge < -0.3 is 0 Å². The standard InChI is InChI=1S/C13H12BrF/c14-10-13(15)8-6-12(7-9-13)11-4-2-1-3-5-11/h1-9,12H,10H2. The lowest BCUT2D eigenvalue weighted by Crippen LogP contribution is -2.21. The van der Waals surface area contributed by atoms with E-state index in [-0.39, 0.29) is 5.92 Å². The van der Waals surface area contributed by atoms with Crippen molar-refractivity contribution in [3.8, 4) is 0 Å². The van der Waals surface area contributed by atoms with E-state index in [4.69, 9.17) is 0 Å². The topological polar surface area (TPSA) is 0 Å². The Labute approximate surface area is 97.6 Å². The van der Waals surface area contributed by atoms with Crippen molar-refractivity contribution in [2.45, 2.75) is 11.6 Å². The van der Waals surface area contributed by atoms with E-state index in [1.165, 1.54) is 5.56 Å². The summed E-state index contributed by atoms with van der Waals surface area (Å²) in [6, 6.07) is 10.1. The molecule has 1 aromatic rings. The largest absolute Gasteiger partial charge is 0.234 e. The zero-order valence-electron chi connectivity index (χ0n) is 8.24. The number of hydrogen-bond acceptors (Lipinski definition) is 0. The van der Waals surface area contributed by atoms with Crippen LogP contribution in [0.4, 0.5) is 4.39 Å². The van der Waals surface area contributed by atoms with Crippen molar-refractivity contribution < 1.29 is 4.39 Å². The average Bonchev–Trinajstić information content (AvgIpc) is 2.31. The van der Waals surface area contributed by atoms with Gasteiger partial charge in [-0.1, -0.05) is 58.4 Å². The Balaban J connectivity index is 2.18. The highest BCUT2D eigenvalue weighted by atomic mass is 79.9. The molecule has 1 aliphatic rings. The maximum absolute atomic E-state index is 13.8. The predicted molar refractivity (Wildman–Crippen MR) is 65.1 cm³/mol. The van der Waals surface area contributed by atoms with Crippen LogP contribution < -0.4 is 0 Å². The smallest absolute Gasteiger partial charge is 0.157 e. The second-order valence-electron chi connectivity index (χ2n) is 3.72. The lowest BCUT2D eigenvalue weighted by atomic mass is 9.90. The zero-order valence-corrected chi connectivity index (χ0v) is 9.82.